The molecule has 2 aromatic carbocycles. The highest BCUT2D eigenvalue weighted by atomic mass is 32.1. The van der Waals surface area contributed by atoms with Crippen molar-refractivity contribution in [3.8, 4) is 0 Å². The van der Waals surface area contributed by atoms with Crippen molar-refractivity contribution in [1.29, 1.82) is 0 Å². The number of hydrogen-bond donors (Lipinski definition) is 2. The Morgan fingerprint density at radius 3 is 2.61 bits per heavy atom. The highest BCUT2D eigenvalue weighted by Gasteiger charge is 2.21. The molecule has 2 amide bonds. The van der Waals surface area contributed by atoms with Crippen molar-refractivity contribution in [3.63, 3.8) is 0 Å². The van der Waals surface area contributed by atoms with E-state index in [-0.39, 0.29) is 18.0 Å². The second kappa shape index (κ2) is 9.94. The van der Waals surface area contributed by atoms with Crippen molar-refractivity contribution in [2.24, 2.45) is 0 Å². The van der Waals surface area contributed by atoms with Crippen LogP contribution in [-0.4, -0.2) is 42.6 Å². The first-order valence-corrected chi connectivity index (χ1v) is 11.5. The maximum Gasteiger partial charge on any atom is 0.348 e. The van der Waals surface area contributed by atoms with E-state index in [1.54, 1.807) is 6.92 Å². The Hall–Kier alpha value is -2.90. The molecule has 31 heavy (non-hydrogen) atoms. The highest BCUT2D eigenvalue weighted by molar-refractivity contribution is 7.20. The molecule has 0 aliphatic carbocycles. The molecule has 3 aromatic rings. The smallest absolute Gasteiger partial charge is 0.348 e. The number of urea groups is 1. The molecular formula is C24H27N3O3S. The van der Waals surface area contributed by atoms with Crippen molar-refractivity contribution in [1.82, 2.24) is 10.2 Å². The maximum atomic E-state index is 12.5. The average molecular weight is 438 g/mol. The molecule has 0 saturated carbocycles. The number of hydrogen-bond acceptors (Lipinski definition) is 5. The van der Waals surface area contributed by atoms with Crippen molar-refractivity contribution < 1.29 is 14.3 Å². The number of nitrogens with zero attached hydrogens (tertiary/aromatic N) is 1. The van der Waals surface area contributed by atoms with E-state index in [0.717, 1.165) is 42.6 Å². The molecule has 1 aromatic heterocycles. The van der Waals surface area contributed by atoms with Gasteiger partial charge in [0.2, 0.25) is 0 Å². The molecule has 1 aliphatic heterocycles. The van der Waals surface area contributed by atoms with Gasteiger partial charge < -0.3 is 15.4 Å². The van der Waals surface area contributed by atoms with E-state index in [1.165, 1.54) is 16.9 Å². The Balaban J connectivity index is 1.28. The van der Waals surface area contributed by atoms with Gasteiger partial charge in [0, 0.05) is 36.1 Å². The number of likely N-dealkylation sites (tertiary alicyclic amines) is 1. The summed E-state index contributed by atoms with van der Waals surface area (Å²) in [5.74, 6) is -0.311. The van der Waals surface area contributed by atoms with E-state index in [1.807, 2.05) is 30.3 Å². The standard InChI is InChI=1S/C24H27N3O3S/c1-2-30-23(28)22-15-18-14-20(8-9-21(18)31-22)26-24(29)25-19-10-12-27(13-11-19)16-17-6-4-3-5-7-17/h3-9,14-15,19H,2,10-13,16H2,1H3,(H2,25,26,29). The van der Waals surface area contributed by atoms with E-state index in [9.17, 15) is 9.59 Å². The maximum absolute atomic E-state index is 12.5. The van der Waals surface area contributed by atoms with Crippen LogP contribution < -0.4 is 10.6 Å². The van der Waals surface area contributed by atoms with Gasteiger partial charge >= 0.3 is 12.0 Å². The number of carbonyl (C=O) groups is 2. The summed E-state index contributed by atoms with van der Waals surface area (Å²) in [4.78, 5) is 27.4. The lowest BCUT2D eigenvalue weighted by atomic mass is 10.0. The molecule has 0 radical (unpaired) electrons. The number of ether oxygens (including phenoxy) is 1. The molecule has 2 N–H and O–H groups in total. The fourth-order valence-electron chi connectivity index (χ4n) is 3.85. The number of esters is 1. The molecule has 162 valence electrons. The minimum atomic E-state index is -0.311. The van der Waals surface area contributed by atoms with Gasteiger partial charge in [-0.1, -0.05) is 30.3 Å². The minimum absolute atomic E-state index is 0.173. The Morgan fingerprint density at radius 2 is 1.87 bits per heavy atom. The van der Waals surface area contributed by atoms with Gasteiger partial charge in [-0.05, 0) is 55.0 Å². The van der Waals surface area contributed by atoms with Crippen molar-refractivity contribution in [2.75, 3.05) is 25.0 Å². The summed E-state index contributed by atoms with van der Waals surface area (Å²) < 4.78 is 6.05. The molecule has 0 atom stereocenters. The molecule has 0 bridgehead atoms. The quantitative estimate of drug-likeness (QED) is 0.540. The molecule has 2 heterocycles. The third-order valence-electron chi connectivity index (χ3n) is 5.42. The van der Waals surface area contributed by atoms with Crippen LogP contribution >= 0.6 is 11.3 Å². The van der Waals surface area contributed by atoms with E-state index >= 15 is 0 Å². The lowest BCUT2D eigenvalue weighted by Gasteiger charge is -2.32. The fraction of sp³-hybridized carbons (Fsp3) is 0.333. The molecule has 6 nitrogen and oxygen atoms in total. The summed E-state index contributed by atoms with van der Waals surface area (Å²) in [5, 5.41) is 6.93. The number of fused-ring (bicyclic) bond motifs is 1. The summed E-state index contributed by atoms with van der Waals surface area (Å²) in [6.45, 7) is 5.03. The molecule has 0 spiro atoms. The first kappa shape index (κ1) is 21.3. The van der Waals surface area contributed by atoms with Gasteiger partial charge in [-0.2, -0.15) is 0 Å². The van der Waals surface area contributed by atoms with Gasteiger partial charge in [0.05, 0.1) is 6.61 Å². The average Bonchev–Trinajstić information content (AvgIpc) is 3.20. The largest absolute Gasteiger partial charge is 0.462 e. The first-order chi connectivity index (χ1) is 15.1. The number of anilines is 1. The first-order valence-electron chi connectivity index (χ1n) is 10.6. The van der Waals surface area contributed by atoms with Crippen molar-refractivity contribution >= 4 is 39.1 Å². The monoisotopic (exact) mass is 437 g/mol. The second-order valence-electron chi connectivity index (χ2n) is 7.72. The molecule has 4 rings (SSSR count). The summed E-state index contributed by atoms with van der Waals surface area (Å²) in [5.41, 5.74) is 2.03. The molecule has 1 saturated heterocycles. The summed E-state index contributed by atoms with van der Waals surface area (Å²) in [6.07, 6.45) is 1.87. The van der Waals surface area contributed by atoms with Crippen LogP contribution in [0.2, 0.25) is 0 Å². The number of nitrogens with one attached hydrogen (secondary N) is 2. The van der Waals surface area contributed by atoms with Crippen LogP contribution in [0.1, 0.15) is 35.0 Å². The Bertz CT molecular complexity index is 1040. The number of amides is 2. The van der Waals surface area contributed by atoms with E-state index < -0.39 is 0 Å². The van der Waals surface area contributed by atoms with Crippen LogP contribution in [0, 0.1) is 0 Å². The van der Waals surface area contributed by atoms with Crippen molar-refractivity contribution in [3.05, 3.63) is 65.0 Å². The van der Waals surface area contributed by atoms with Gasteiger partial charge in [0.25, 0.3) is 0 Å². The van der Waals surface area contributed by atoms with Crippen LogP contribution in [0.25, 0.3) is 10.1 Å². The van der Waals surface area contributed by atoms with Gasteiger partial charge in [0.15, 0.2) is 0 Å². The van der Waals surface area contributed by atoms with Gasteiger partial charge in [0.1, 0.15) is 4.88 Å². The SMILES string of the molecule is CCOC(=O)c1cc2cc(NC(=O)NC3CCN(Cc4ccccc4)CC3)ccc2s1. The highest BCUT2D eigenvalue weighted by Crippen LogP contribution is 2.28. The summed E-state index contributed by atoms with van der Waals surface area (Å²) in [6, 6.07) is 17.9. The Kier molecular flexibility index (Phi) is 6.84. The van der Waals surface area contributed by atoms with Crippen LogP contribution in [-0.2, 0) is 11.3 Å². The van der Waals surface area contributed by atoms with E-state index in [0.29, 0.717) is 17.2 Å². The normalized spacial score (nSPS) is 15.0. The molecule has 1 aliphatic rings. The zero-order chi connectivity index (χ0) is 21.6. The lowest BCUT2D eigenvalue weighted by Crippen LogP contribution is -2.45. The van der Waals surface area contributed by atoms with Crippen LogP contribution in [0.15, 0.2) is 54.6 Å². The predicted molar refractivity (Wildman–Crippen MR) is 125 cm³/mol. The topological polar surface area (TPSA) is 70.7 Å². The van der Waals surface area contributed by atoms with Gasteiger partial charge in [-0.15, -0.1) is 11.3 Å². The number of thiophene rings is 1. The third kappa shape index (κ3) is 5.62. The number of benzene rings is 2. The minimum Gasteiger partial charge on any atom is -0.462 e. The molecule has 0 unspecified atom stereocenters. The van der Waals surface area contributed by atoms with Crippen molar-refractivity contribution in [2.45, 2.75) is 32.4 Å². The van der Waals surface area contributed by atoms with E-state index in [4.69, 9.17) is 4.74 Å². The Labute approximate surface area is 186 Å². The number of rotatable bonds is 6. The van der Waals surface area contributed by atoms with Gasteiger partial charge in [-0.25, -0.2) is 9.59 Å². The lowest BCUT2D eigenvalue weighted by molar-refractivity contribution is 0.0532. The van der Waals surface area contributed by atoms with Crippen LogP contribution in [0.4, 0.5) is 10.5 Å². The number of piperidine rings is 1. The summed E-state index contributed by atoms with van der Waals surface area (Å²) >= 11 is 1.39. The number of carbonyl (C=O) groups excluding carboxylic acids is 2. The molecule has 7 heteroatoms. The summed E-state index contributed by atoms with van der Waals surface area (Å²) in [7, 11) is 0. The van der Waals surface area contributed by atoms with Gasteiger partial charge in [-0.3, -0.25) is 4.90 Å². The zero-order valence-electron chi connectivity index (χ0n) is 17.6. The fourth-order valence-corrected chi connectivity index (χ4v) is 4.79. The second-order valence-corrected chi connectivity index (χ2v) is 8.80. The molecule has 1 fully saturated rings. The van der Waals surface area contributed by atoms with Crippen LogP contribution in [0.5, 0.6) is 0 Å². The Morgan fingerprint density at radius 1 is 1.10 bits per heavy atom. The third-order valence-corrected chi connectivity index (χ3v) is 6.52. The molecular weight excluding hydrogens is 410 g/mol. The van der Waals surface area contributed by atoms with Crippen LogP contribution in [0.3, 0.4) is 0 Å². The van der Waals surface area contributed by atoms with E-state index in [2.05, 4.69) is 39.8 Å². The zero-order valence-corrected chi connectivity index (χ0v) is 18.4. The predicted octanol–water partition coefficient (Wildman–Crippen LogP) is 4.86.